The third kappa shape index (κ3) is 12.7. The van der Waals surface area contributed by atoms with Crippen LogP contribution in [0, 0.1) is 17.3 Å². The summed E-state index contributed by atoms with van der Waals surface area (Å²) in [6.45, 7) is 6.87. The number of aliphatic carboxylic acids is 3. The standard InChI is InChI=1S/C36H50N4O9/c1-36(2,3)26-15-13-24(14-16-26)31(43)38-29(21-22-11-12-23-8-4-5-9-25(23)20-22)32(44)37-19-7-6-10-27(33(45)46)39-35(49)40-28(34(47)48)17-18-30(41)42/h4-5,8-9,11-12,20,24,26-29H,6-7,10,13-19,21H2,1-3H3,(H,37,44)(H,38,43)(H,41,42)(H,45,46)(H,47,48)(H2,39,40,49)/t24?,26?,27?,28-,29?/m0/s1. The van der Waals surface area contributed by atoms with Crippen LogP contribution >= 0.6 is 0 Å². The van der Waals surface area contributed by atoms with Crippen molar-refractivity contribution in [3.05, 3.63) is 48.0 Å². The second-order valence-corrected chi connectivity index (χ2v) is 14.0. The first-order valence-corrected chi connectivity index (χ1v) is 16.9. The predicted molar refractivity (Wildman–Crippen MR) is 183 cm³/mol. The van der Waals surface area contributed by atoms with Gasteiger partial charge in [-0.3, -0.25) is 14.4 Å². The van der Waals surface area contributed by atoms with Gasteiger partial charge in [-0.2, -0.15) is 0 Å². The first-order chi connectivity index (χ1) is 23.1. The summed E-state index contributed by atoms with van der Waals surface area (Å²) in [6, 6.07) is 9.15. The molecule has 2 aromatic carbocycles. The van der Waals surface area contributed by atoms with E-state index >= 15 is 0 Å². The van der Waals surface area contributed by atoms with Crippen LogP contribution in [0.4, 0.5) is 4.79 Å². The third-order valence-electron chi connectivity index (χ3n) is 9.28. The normalized spacial score (nSPS) is 18.0. The number of hydrogen-bond acceptors (Lipinski definition) is 6. The second-order valence-electron chi connectivity index (χ2n) is 14.0. The molecule has 3 rings (SSSR count). The fourth-order valence-electron chi connectivity index (χ4n) is 6.27. The minimum absolute atomic E-state index is 0.0000181. The molecule has 4 amide bonds. The van der Waals surface area contributed by atoms with Crippen LogP contribution in [0.2, 0.25) is 0 Å². The minimum atomic E-state index is -1.50. The fourth-order valence-corrected chi connectivity index (χ4v) is 6.27. The first-order valence-electron chi connectivity index (χ1n) is 16.9. The highest BCUT2D eigenvalue weighted by Crippen LogP contribution is 2.39. The van der Waals surface area contributed by atoms with Gasteiger partial charge in [-0.1, -0.05) is 63.2 Å². The number of hydrogen-bond donors (Lipinski definition) is 7. The van der Waals surface area contributed by atoms with Crippen molar-refractivity contribution >= 4 is 46.5 Å². The van der Waals surface area contributed by atoms with E-state index in [-0.39, 0.29) is 42.5 Å². The molecule has 0 heterocycles. The van der Waals surface area contributed by atoms with E-state index in [1.54, 1.807) is 0 Å². The maximum absolute atomic E-state index is 13.4. The number of carbonyl (C=O) groups is 6. The first kappa shape index (κ1) is 38.8. The lowest BCUT2D eigenvalue weighted by molar-refractivity contribution is -0.141. The summed E-state index contributed by atoms with van der Waals surface area (Å²) >= 11 is 0. The van der Waals surface area contributed by atoms with E-state index in [0.29, 0.717) is 25.2 Å². The molecular formula is C36H50N4O9. The molecule has 0 aromatic heterocycles. The average molecular weight is 683 g/mol. The predicted octanol–water partition coefficient (Wildman–Crippen LogP) is 4.08. The van der Waals surface area contributed by atoms with Gasteiger partial charge in [0.2, 0.25) is 11.8 Å². The summed E-state index contributed by atoms with van der Waals surface area (Å²) in [5.41, 5.74) is 1.08. The van der Waals surface area contributed by atoms with Crippen molar-refractivity contribution < 1.29 is 44.1 Å². The SMILES string of the molecule is CC(C)(C)C1CCC(C(=O)NC(Cc2ccc3ccccc3c2)C(=O)NCCCCC(NC(=O)N[C@@H](CCC(=O)O)C(=O)O)C(=O)O)CC1. The molecule has 1 aliphatic carbocycles. The second kappa shape index (κ2) is 18.2. The zero-order valence-electron chi connectivity index (χ0n) is 28.5. The zero-order valence-corrected chi connectivity index (χ0v) is 28.5. The van der Waals surface area contributed by atoms with E-state index in [0.717, 1.165) is 42.0 Å². The van der Waals surface area contributed by atoms with Gasteiger partial charge in [-0.05, 0) is 79.0 Å². The Balaban J connectivity index is 1.56. The van der Waals surface area contributed by atoms with Crippen molar-refractivity contribution in [3.63, 3.8) is 0 Å². The number of carboxylic acid groups (broad SMARTS) is 3. The van der Waals surface area contributed by atoms with Crippen molar-refractivity contribution in [3.8, 4) is 0 Å². The fraction of sp³-hybridized carbons (Fsp3) is 0.556. The number of benzene rings is 2. The molecule has 13 nitrogen and oxygen atoms in total. The van der Waals surface area contributed by atoms with Gasteiger partial charge in [0.05, 0.1) is 0 Å². The van der Waals surface area contributed by atoms with Crippen molar-refractivity contribution in [1.29, 1.82) is 0 Å². The van der Waals surface area contributed by atoms with Crippen molar-refractivity contribution in [2.75, 3.05) is 6.54 Å². The molecule has 0 radical (unpaired) electrons. The van der Waals surface area contributed by atoms with E-state index in [4.69, 9.17) is 5.11 Å². The number of amides is 4. The highest BCUT2D eigenvalue weighted by Gasteiger charge is 2.34. The lowest BCUT2D eigenvalue weighted by Gasteiger charge is -2.36. The Morgan fingerprint density at radius 3 is 1.96 bits per heavy atom. The lowest BCUT2D eigenvalue weighted by atomic mass is 9.69. The zero-order chi connectivity index (χ0) is 36.1. The topological polar surface area (TPSA) is 211 Å². The largest absolute Gasteiger partial charge is 0.481 e. The number of fused-ring (bicyclic) bond motifs is 1. The summed E-state index contributed by atoms with van der Waals surface area (Å²) < 4.78 is 0. The Kier molecular flexibility index (Phi) is 14.4. The van der Waals surface area contributed by atoms with E-state index in [1.165, 1.54) is 0 Å². The molecule has 2 unspecified atom stereocenters. The lowest BCUT2D eigenvalue weighted by Crippen LogP contribution is -2.51. The summed E-state index contributed by atoms with van der Waals surface area (Å²) in [5, 5.41) is 39.9. The van der Waals surface area contributed by atoms with Gasteiger partial charge in [0, 0.05) is 25.3 Å². The van der Waals surface area contributed by atoms with Gasteiger partial charge in [-0.15, -0.1) is 0 Å². The van der Waals surface area contributed by atoms with Gasteiger partial charge in [0.15, 0.2) is 0 Å². The summed E-state index contributed by atoms with van der Waals surface area (Å²) in [5.74, 6) is -4.10. The van der Waals surface area contributed by atoms with E-state index in [2.05, 4.69) is 42.0 Å². The number of urea groups is 1. The molecule has 1 saturated carbocycles. The summed E-state index contributed by atoms with van der Waals surface area (Å²) in [7, 11) is 0. The number of carboxylic acids is 3. The van der Waals surface area contributed by atoms with Crippen LogP contribution in [-0.4, -0.2) is 75.7 Å². The Hall–Kier alpha value is -4.68. The molecule has 268 valence electrons. The van der Waals surface area contributed by atoms with Gasteiger partial charge in [0.1, 0.15) is 18.1 Å². The van der Waals surface area contributed by atoms with Crippen molar-refractivity contribution in [1.82, 2.24) is 21.3 Å². The highest BCUT2D eigenvalue weighted by atomic mass is 16.4. The molecule has 1 aliphatic rings. The van der Waals surface area contributed by atoms with Crippen LogP contribution in [0.1, 0.15) is 84.1 Å². The molecule has 49 heavy (non-hydrogen) atoms. The summed E-state index contributed by atoms with van der Waals surface area (Å²) in [4.78, 5) is 73.0. The molecular weight excluding hydrogens is 632 g/mol. The Morgan fingerprint density at radius 2 is 1.37 bits per heavy atom. The van der Waals surface area contributed by atoms with Crippen LogP contribution in [0.25, 0.3) is 10.8 Å². The van der Waals surface area contributed by atoms with Gasteiger partial charge < -0.3 is 36.6 Å². The molecule has 0 aliphatic heterocycles. The minimum Gasteiger partial charge on any atom is -0.481 e. The third-order valence-corrected chi connectivity index (χ3v) is 9.28. The number of rotatable bonds is 17. The Bertz CT molecular complexity index is 1480. The van der Waals surface area contributed by atoms with Crippen LogP contribution in [0.3, 0.4) is 0 Å². The van der Waals surface area contributed by atoms with Crippen molar-refractivity contribution in [2.24, 2.45) is 17.3 Å². The van der Waals surface area contributed by atoms with Crippen LogP contribution in [0.15, 0.2) is 42.5 Å². The van der Waals surface area contributed by atoms with E-state index < -0.39 is 48.5 Å². The number of carbonyl (C=O) groups excluding carboxylic acids is 3. The quantitative estimate of drug-likeness (QED) is 0.120. The maximum atomic E-state index is 13.4. The van der Waals surface area contributed by atoms with Crippen LogP contribution in [-0.2, 0) is 30.4 Å². The van der Waals surface area contributed by atoms with Gasteiger partial charge >= 0.3 is 23.9 Å². The molecule has 1 fully saturated rings. The highest BCUT2D eigenvalue weighted by molar-refractivity contribution is 5.89. The monoisotopic (exact) mass is 682 g/mol. The summed E-state index contributed by atoms with van der Waals surface area (Å²) in [6.07, 6.45) is 3.59. The van der Waals surface area contributed by atoms with E-state index in [1.807, 2.05) is 42.5 Å². The van der Waals surface area contributed by atoms with Gasteiger partial charge in [0.25, 0.3) is 0 Å². The molecule has 0 bridgehead atoms. The molecule has 7 N–H and O–H groups in total. The average Bonchev–Trinajstić information content (AvgIpc) is 3.04. The van der Waals surface area contributed by atoms with Gasteiger partial charge in [-0.25, -0.2) is 14.4 Å². The van der Waals surface area contributed by atoms with Crippen molar-refractivity contribution in [2.45, 2.75) is 103 Å². The molecule has 13 heteroatoms. The maximum Gasteiger partial charge on any atom is 0.326 e. The Morgan fingerprint density at radius 1 is 0.755 bits per heavy atom. The van der Waals surface area contributed by atoms with E-state index in [9.17, 15) is 39.0 Å². The number of nitrogens with one attached hydrogen (secondary N) is 4. The van der Waals surface area contributed by atoms with Crippen LogP contribution < -0.4 is 21.3 Å². The molecule has 0 spiro atoms. The smallest absolute Gasteiger partial charge is 0.326 e. The molecule has 2 aromatic rings. The molecule has 3 atom stereocenters. The molecule has 0 saturated heterocycles. The number of unbranched alkanes of at least 4 members (excludes halogenated alkanes) is 1. The van der Waals surface area contributed by atoms with Crippen LogP contribution in [0.5, 0.6) is 0 Å². The Labute approximate surface area is 286 Å².